The standard InChI is InChI=1S/C12H16O2/c1-14-11-8-4-6-9-5-2-3-7-10(9)12(11)13/h2-3,5,7,11-13H,4,6,8H2,1H3. The Labute approximate surface area is 84.5 Å². The molecule has 0 fully saturated rings. The van der Waals surface area contributed by atoms with Crippen LogP contribution >= 0.6 is 0 Å². The zero-order chi connectivity index (χ0) is 9.97. The fraction of sp³-hybridized carbons (Fsp3) is 0.500. The van der Waals surface area contributed by atoms with Crippen LogP contribution in [0, 0.1) is 0 Å². The lowest BCUT2D eigenvalue weighted by atomic mass is 10.0. The van der Waals surface area contributed by atoms with Gasteiger partial charge in [0.25, 0.3) is 0 Å². The Kier molecular flexibility index (Phi) is 2.85. The van der Waals surface area contributed by atoms with Crippen LogP contribution in [-0.2, 0) is 11.2 Å². The summed E-state index contributed by atoms with van der Waals surface area (Å²) in [6.45, 7) is 0. The largest absolute Gasteiger partial charge is 0.386 e. The van der Waals surface area contributed by atoms with Crippen LogP contribution in [0.2, 0.25) is 0 Å². The van der Waals surface area contributed by atoms with E-state index in [1.54, 1.807) is 7.11 Å². The van der Waals surface area contributed by atoms with E-state index in [2.05, 4.69) is 6.07 Å². The van der Waals surface area contributed by atoms with Crippen molar-refractivity contribution in [3.63, 3.8) is 0 Å². The molecule has 14 heavy (non-hydrogen) atoms. The summed E-state index contributed by atoms with van der Waals surface area (Å²) >= 11 is 0. The van der Waals surface area contributed by atoms with Crippen LogP contribution in [0.15, 0.2) is 24.3 Å². The van der Waals surface area contributed by atoms with Gasteiger partial charge in [0.2, 0.25) is 0 Å². The fourth-order valence-electron chi connectivity index (χ4n) is 2.15. The molecule has 0 radical (unpaired) electrons. The van der Waals surface area contributed by atoms with E-state index in [-0.39, 0.29) is 6.10 Å². The van der Waals surface area contributed by atoms with Crippen molar-refractivity contribution in [2.45, 2.75) is 31.5 Å². The molecule has 0 saturated carbocycles. The summed E-state index contributed by atoms with van der Waals surface area (Å²) in [5.41, 5.74) is 2.30. The molecule has 1 aromatic carbocycles. The van der Waals surface area contributed by atoms with E-state index < -0.39 is 6.10 Å². The number of benzene rings is 1. The second-order valence-electron chi connectivity index (χ2n) is 3.81. The molecule has 0 aliphatic heterocycles. The van der Waals surface area contributed by atoms with Crippen LogP contribution in [0.3, 0.4) is 0 Å². The number of fused-ring (bicyclic) bond motifs is 1. The smallest absolute Gasteiger partial charge is 0.105 e. The second-order valence-corrected chi connectivity index (χ2v) is 3.81. The maximum absolute atomic E-state index is 10.1. The van der Waals surface area contributed by atoms with Crippen LogP contribution in [0.1, 0.15) is 30.1 Å². The zero-order valence-corrected chi connectivity index (χ0v) is 8.44. The number of aliphatic hydroxyl groups is 1. The van der Waals surface area contributed by atoms with Gasteiger partial charge in [-0.15, -0.1) is 0 Å². The normalized spacial score (nSPS) is 26.7. The third-order valence-corrected chi connectivity index (χ3v) is 2.96. The highest BCUT2D eigenvalue weighted by atomic mass is 16.5. The van der Waals surface area contributed by atoms with E-state index in [1.807, 2.05) is 18.2 Å². The molecule has 0 heterocycles. The van der Waals surface area contributed by atoms with E-state index in [4.69, 9.17) is 4.74 Å². The first-order valence-corrected chi connectivity index (χ1v) is 5.11. The molecule has 0 aromatic heterocycles. The van der Waals surface area contributed by atoms with Gasteiger partial charge in [-0.25, -0.2) is 0 Å². The topological polar surface area (TPSA) is 29.5 Å². The molecule has 2 atom stereocenters. The quantitative estimate of drug-likeness (QED) is 0.690. The van der Waals surface area contributed by atoms with E-state index in [0.717, 1.165) is 24.8 Å². The lowest BCUT2D eigenvalue weighted by Crippen LogP contribution is -2.19. The Bertz CT molecular complexity index is 309. The van der Waals surface area contributed by atoms with Gasteiger partial charge in [-0.05, 0) is 30.4 Å². The average Bonchev–Trinajstić information content (AvgIpc) is 2.39. The summed E-state index contributed by atoms with van der Waals surface area (Å²) in [6, 6.07) is 8.09. The first-order valence-electron chi connectivity index (χ1n) is 5.11. The fourth-order valence-corrected chi connectivity index (χ4v) is 2.15. The summed E-state index contributed by atoms with van der Waals surface area (Å²) < 4.78 is 5.29. The van der Waals surface area contributed by atoms with E-state index in [1.165, 1.54) is 5.56 Å². The van der Waals surface area contributed by atoms with Gasteiger partial charge in [0, 0.05) is 7.11 Å². The number of hydrogen-bond donors (Lipinski definition) is 1. The van der Waals surface area contributed by atoms with Gasteiger partial charge < -0.3 is 9.84 Å². The Morgan fingerprint density at radius 1 is 1.36 bits per heavy atom. The molecule has 2 rings (SSSR count). The molecular weight excluding hydrogens is 176 g/mol. The molecule has 1 aromatic rings. The van der Waals surface area contributed by atoms with Crippen LogP contribution in [0.5, 0.6) is 0 Å². The Balaban J connectivity index is 2.34. The summed E-state index contributed by atoms with van der Waals surface area (Å²) in [5, 5.41) is 10.1. The number of ether oxygens (including phenoxy) is 1. The van der Waals surface area contributed by atoms with Gasteiger partial charge in [0.1, 0.15) is 6.10 Å². The van der Waals surface area contributed by atoms with Gasteiger partial charge in [0.15, 0.2) is 0 Å². The third-order valence-electron chi connectivity index (χ3n) is 2.96. The summed E-state index contributed by atoms with van der Waals surface area (Å²) in [4.78, 5) is 0. The lowest BCUT2D eigenvalue weighted by molar-refractivity contribution is -0.0160. The molecule has 76 valence electrons. The highest BCUT2D eigenvalue weighted by Gasteiger charge is 2.25. The van der Waals surface area contributed by atoms with Crippen molar-refractivity contribution < 1.29 is 9.84 Å². The molecule has 1 N–H and O–H groups in total. The summed E-state index contributed by atoms with van der Waals surface area (Å²) in [6.07, 6.45) is 2.57. The molecule has 0 amide bonds. The predicted octanol–water partition coefficient (Wildman–Crippen LogP) is 2.07. The van der Waals surface area contributed by atoms with Crippen LogP contribution in [0.25, 0.3) is 0 Å². The molecule has 1 aliphatic carbocycles. The molecule has 0 saturated heterocycles. The minimum absolute atomic E-state index is 0.0429. The summed E-state index contributed by atoms with van der Waals surface area (Å²) in [7, 11) is 1.67. The van der Waals surface area contributed by atoms with Crippen molar-refractivity contribution in [1.29, 1.82) is 0 Å². The molecule has 2 heteroatoms. The van der Waals surface area contributed by atoms with Gasteiger partial charge in [-0.1, -0.05) is 24.3 Å². The number of rotatable bonds is 1. The van der Waals surface area contributed by atoms with Crippen LogP contribution in [0.4, 0.5) is 0 Å². The number of hydrogen-bond acceptors (Lipinski definition) is 2. The minimum atomic E-state index is -0.460. The number of aryl methyl sites for hydroxylation is 1. The average molecular weight is 192 g/mol. The molecular formula is C12H16O2. The maximum Gasteiger partial charge on any atom is 0.105 e. The van der Waals surface area contributed by atoms with Crippen molar-refractivity contribution >= 4 is 0 Å². The zero-order valence-electron chi connectivity index (χ0n) is 8.44. The van der Waals surface area contributed by atoms with Crippen LogP contribution < -0.4 is 0 Å². The first kappa shape index (κ1) is 9.69. The minimum Gasteiger partial charge on any atom is -0.386 e. The number of aliphatic hydroxyl groups excluding tert-OH is 1. The lowest BCUT2D eigenvalue weighted by Gasteiger charge is -2.20. The van der Waals surface area contributed by atoms with E-state index in [9.17, 15) is 5.11 Å². The van der Waals surface area contributed by atoms with E-state index in [0.29, 0.717) is 0 Å². The van der Waals surface area contributed by atoms with Gasteiger partial charge in [-0.3, -0.25) is 0 Å². The van der Waals surface area contributed by atoms with Gasteiger partial charge in [0.05, 0.1) is 6.10 Å². The first-order chi connectivity index (χ1) is 6.83. The SMILES string of the molecule is COC1CCCc2ccccc2C1O. The maximum atomic E-state index is 10.1. The Morgan fingerprint density at radius 3 is 2.93 bits per heavy atom. The molecule has 0 bridgehead atoms. The van der Waals surface area contributed by atoms with Crippen molar-refractivity contribution in [3.05, 3.63) is 35.4 Å². The van der Waals surface area contributed by atoms with Crippen molar-refractivity contribution in [3.8, 4) is 0 Å². The highest BCUT2D eigenvalue weighted by Crippen LogP contribution is 2.29. The van der Waals surface area contributed by atoms with Crippen molar-refractivity contribution in [2.75, 3.05) is 7.11 Å². The Morgan fingerprint density at radius 2 is 2.14 bits per heavy atom. The van der Waals surface area contributed by atoms with Crippen molar-refractivity contribution in [2.24, 2.45) is 0 Å². The highest BCUT2D eigenvalue weighted by molar-refractivity contribution is 5.30. The Hall–Kier alpha value is -0.860. The second kappa shape index (κ2) is 4.11. The predicted molar refractivity (Wildman–Crippen MR) is 55.1 cm³/mol. The molecule has 2 nitrogen and oxygen atoms in total. The number of methoxy groups -OCH3 is 1. The summed E-state index contributed by atoms with van der Waals surface area (Å²) in [5.74, 6) is 0. The third kappa shape index (κ3) is 1.68. The monoisotopic (exact) mass is 192 g/mol. The van der Waals surface area contributed by atoms with Gasteiger partial charge in [-0.2, -0.15) is 0 Å². The van der Waals surface area contributed by atoms with Crippen molar-refractivity contribution in [1.82, 2.24) is 0 Å². The molecule has 0 spiro atoms. The van der Waals surface area contributed by atoms with E-state index >= 15 is 0 Å². The van der Waals surface area contributed by atoms with Gasteiger partial charge >= 0.3 is 0 Å². The molecule has 2 unspecified atom stereocenters. The molecule has 1 aliphatic rings. The van der Waals surface area contributed by atoms with Crippen LogP contribution in [-0.4, -0.2) is 18.3 Å².